The van der Waals surface area contributed by atoms with Gasteiger partial charge in [-0.2, -0.15) is 0 Å². The zero-order valence-electron chi connectivity index (χ0n) is 8.11. The molecule has 0 nitrogen and oxygen atoms in total. The summed E-state index contributed by atoms with van der Waals surface area (Å²) in [6.45, 7) is -2.50. The van der Waals surface area contributed by atoms with Gasteiger partial charge >= 0.3 is 6.98 Å². The molecule has 0 aromatic heterocycles. The van der Waals surface area contributed by atoms with Crippen LogP contribution in [0.1, 0.15) is 39.0 Å². The summed E-state index contributed by atoms with van der Waals surface area (Å²) in [7, 11) is 0. The second-order valence-electron chi connectivity index (χ2n) is 3.27. The zero-order valence-corrected chi connectivity index (χ0v) is 8.11. The van der Waals surface area contributed by atoms with Gasteiger partial charge in [0.1, 0.15) is 0 Å². The Kier molecular flexibility index (Phi) is 6.82. The molecule has 0 rings (SSSR count). The molecule has 0 unspecified atom stereocenters. The first-order valence-electron chi connectivity index (χ1n) is 4.92. The highest BCUT2D eigenvalue weighted by Gasteiger charge is 2.19. The maximum atomic E-state index is 11.7. The lowest BCUT2D eigenvalue weighted by molar-refractivity contribution is 0.477. The van der Waals surface area contributed by atoms with E-state index < -0.39 is 13.3 Å². The molecule has 0 aliphatic carbocycles. The lowest BCUT2D eigenvalue weighted by Crippen LogP contribution is -2.11. The van der Waals surface area contributed by atoms with Crippen molar-refractivity contribution in [2.24, 2.45) is 0 Å². The lowest BCUT2D eigenvalue weighted by Gasteiger charge is -2.08. The molecule has 0 aromatic carbocycles. The molecule has 0 aromatic rings. The summed E-state index contributed by atoms with van der Waals surface area (Å²) < 4.78 is 35.1. The molecular weight excluding hydrogens is 176 g/mol. The van der Waals surface area contributed by atoms with Gasteiger partial charge in [0.2, 0.25) is 0 Å². The zero-order chi connectivity index (χ0) is 10.2. The van der Waals surface area contributed by atoms with Crippen LogP contribution in [0.2, 0.25) is 6.32 Å². The third-order valence-electron chi connectivity index (χ3n) is 1.79. The molecule has 0 N–H and O–H groups in total. The Morgan fingerprint density at radius 1 is 1.00 bits per heavy atom. The average molecular weight is 193 g/mol. The minimum Gasteiger partial charge on any atom is -0.449 e. The summed E-state index contributed by atoms with van der Waals surface area (Å²) in [6, 6.07) is 0. The van der Waals surface area contributed by atoms with Gasteiger partial charge in [-0.15, -0.1) is 6.08 Å². The number of rotatable bonds is 7. The number of halogens is 3. The van der Waals surface area contributed by atoms with E-state index in [9.17, 15) is 12.9 Å². The van der Waals surface area contributed by atoms with Gasteiger partial charge in [-0.25, -0.2) is 0 Å². The lowest BCUT2D eigenvalue weighted by atomic mass is 9.86. The van der Waals surface area contributed by atoms with Crippen molar-refractivity contribution < 1.29 is 12.9 Å². The van der Waals surface area contributed by atoms with Crippen LogP contribution < -0.4 is 0 Å². The molecule has 0 saturated carbocycles. The van der Waals surface area contributed by atoms with Crippen LogP contribution in [0.5, 0.6) is 0 Å². The van der Waals surface area contributed by atoms with Gasteiger partial charge in [0.15, 0.2) is 0 Å². The van der Waals surface area contributed by atoms with Crippen molar-refractivity contribution in [1.82, 2.24) is 0 Å². The second-order valence-corrected chi connectivity index (χ2v) is 3.27. The second kappa shape index (κ2) is 7.04. The van der Waals surface area contributed by atoms with Gasteiger partial charge < -0.3 is 12.9 Å². The van der Waals surface area contributed by atoms with Crippen molar-refractivity contribution in [1.29, 1.82) is 0 Å². The van der Waals surface area contributed by atoms with Crippen LogP contribution >= 0.6 is 0 Å². The molecule has 0 radical (unpaired) electrons. The van der Waals surface area contributed by atoms with Crippen molar-refractivity contribution >= 4 is 6.98 Å². The smallest absolute Gasteiger partial charge is 0.449 e. The van der Waals surface area contributed by atoms with E-state index in [0.29, 0.717) is 0 Å². The molecule has 4 heteroatoms. The molecule has 0 aliphatic heterocycles. The van der Waals surface area contributed by atoms with Crippen molar-refractivity contribution in [2.45, 2.75) is 45.3 Å². The SMILES string of the molecule is CCCCCC/C=C\C[B-](F)(F)F. The molecule has 0 atom stereocenters. The van der Waals surface area contributed by atoms with Gasteiger partial charge in [-0.1, -0.05) is 38.6 Å². The minimum absolute atomic E-state index is 0.728. The topological polar surface area (TPSA) is 0 Å². The Morgan fingerprint density at radius 3 is 2.23 bits per heavy atom. The maximum Gasteiger partial charge on any atom is 0.482 e. The number of allylic oxidation sites excluding steroid dienone is 2. The van der Waals surface area contributed by atoms with E-state index in [2.05, 4.69) is 6.92 Å². The van der Waals surface area contributed by atoms with Gasteiger partial charge in [0.25, 0.3) is 0 Å². The standard InChI is InChI=1S/C9H17BF3/c1-2-3-4-5-6-7-8-9-10(11,12)13/h7-8H,2-6,9H2,1H3/q-1/b8-7-. The molecule has 0 amide bonds. The molecular formula is C9H17BF3-. The van der Waals surface area contributed by atoms with Crippen LogP contribution in [0.15, 0.2) is 12.2 Å². The quantitative estimate of drug-likeness (QED) is 0.320. The largest absolute Gasteiger partial charge is 0.482 e. The van der Waals surface area contributed by atoms with Gasteiger partial charge in [-0.05, 0) is 12.8 Å². The highest BCUT2D eigenvalue weighted by molar-refractivity contribution is 6.58. The number of hydrogen-bond donors (Lipinski definition) is 0. The fourth-order valence-electron chi connectivity index (χ4n) is 1.06. The van der Waals surface area contributed by atoms with Gasteiger partial charge in [-0.3, -0.25) is 0 Å². The van der Waals surface area contributed by atoms with Crippen LogP contribution in [0, 0.1) is 0 Å². The first kappa shape index (κ1) is 12.6. The highest BCUT2D eigenvalue weighted by atomic mass is 19.4. The van der Waals surface area contributed by atoms with E-state index in [1.165, 1.54) is 12.5 Å². The Balaban J connectivity index is 3.22. The van der Waals surface area contributed by atoms with E-state index in [4.69, 9.17) is 0 Å². The van der Waals surface area contributed by atoms with Crippen molar-refractivity contribution in [3.05, 3.63) is 12.2 Å². The monoisotopic (exact) mass is 193 g/mol. The Morgan fingerprint density at radius 2 is 1.69 bits per heavy atom. The van der Waals surface area contributed by atoms with Gasteiger partial charge in [0.05, 0.1) is 0 Å². The first-order valence-corrected chi connectivity index (χ1v) is 4.92. The predicted molar refractivity (Wildman–Crippen MR) is 51.8 cm³/mol. The molecule has 0 aliphatic rings. The van der Waals surface area contributed by atoms with E-state index in [1.54, 1.807) is 6.08 Å². The normalized spacial score (nSPS) is 12.6. The van der Waals surface area contributed by atoms with Crippen LogP contribution in [0.3, 0.4) is 0 Å². The summed E-state index contributed by atoms with van der Waals surface area (Å²) in [5, 5.41) is 0. The fraction of sp³-hybridized carbons (Fsp3) is 0.778. The molecule has 0 bridgehead atoms. The molecule has 0 saturated heterocycles. The van der Waals surface area contributed by atoms with Crippen molar-refractivity contribution in [3.63, 3.8) is 0 Å². The van der Waals surface area contributed by atoms with E-state index in [1.807, 2.05) is 0 Å². The third kappa shape index (κ3) is 11.6. The van der Waals surface area contributed by atoms with Gasteiger partial charge in [0, 0.05) is 0 Å². The molecule has 0 spiro atoms. The van der Waals surface area contributed by atoms with Crippen LogP contribution in [-0.4, -0.2) is 6.98 Å². The summed E-state index contributed by atoms with van der Waals surface area (Å²) in [4.78, 5) is 0. The van der Waals surface area contributed by atoms with Crippen LogP contribution in [0.4, 0.5) is 12.9 Å². The van der Waals surface area contributed by atoms with Crippen LogP contribution in [-0.2, 0) is 0 Å². The van der Waals surface area contributed by atoms with Crippen molar-refractivity contribution in [2.75, 3.05) is 0 Å². The summed E-state index contributed by atoms with van der Waals surface area (Å²) in [5.41, 5.74) is 0. The number of hydrogen-bond acceptors (Lipinski definition) is 0. The summed E-state index contributed by atoms with van der Waals surface area (Å²) in [5.74, 6) is 0. The summed E-state index contributed by atoms with van der Waals surface area (Å²) in [6.07, 6.45) is 7.41. The maximum absolute atomic E-state index is 11.7. The Labute approximate surface area is 78.3 Å². The van der Waals surface area contributed by atoms with E-state index >= 15 is 0 Å². The minimum atomic E-state index is -4.62. The average Bonchev–Trinajstić information content (AvgIpc) is 2.01. The third-order valence-corrected chi connectivity index (χ3v) is 1.79. The molecule has 0 heterocycles. The van der Waals surface area contributed by atoms with E-state index in [0.717, 1.165) is 25.7 Å². The first-order chi connectivity index (χ1) is 6.06. The van der Waals surface area contributed by atoms with Crippen molar-refractivity contribution in [3.8, 4) is 0 Å². The summed E-state index contributed by atoms with van der Waals surface area (Å²) >= 11 is 0. The predicted octanol–water partition coefficient (Wildman–Crippen LogP) is 4.36. The molecule has 78 valence electrons. The van der Waals surface area contributed by atoms with Crippen LogP contribution in [0.25, 0.3) is 0 Å². The Bertz CT molecular complexity index is 140. The molecule has 13 heavy (non-hydrogen) atoms. The fourth-order valence-corrected chi connectivity index (χ4v) is 1.06. The highest BCUT2D eigenvalue weighted by Crippen LogP contribution is 2.15. The van der Waals surface area contributed by atoms with E-state index in [-0.39, 0.29) is 0 Å². The Hall–Kier alpha value is -0.405. The number of unbranched alkanes of at least 4 members (excludes halogenated alkanes) is 4. The molecule has 0 fully saturated rings.